The Balaban J connectivity index is 1.77. The fourth-order valence-corrected chi connectivity index (χ4v) is 2.89. The number of hydrogen-bond donors (Lipinski definition) is 1. The summed E-state index contributed by atoms with van der Waals surface area (Å²) >= 11 is 0. The molecular formula is C17H20F3NO4. The van der Waals surface area contributed by atoms with E-state index in [4.69, 9.17) is 9.84 Å². The monoisotopic (exact) mass is 359 g/mol. The quantitative estimate of drug-likeness (QED) is 0.848. The summed E-state index contributed by atoms with van der Waals surface area (Å²) in [5.41, 5.74) is -0.749. The minimum atomic E-state index is -4.39. The van der Waals surface area contributed by atoms with E-state index in [1.807, 2.05) is 0 Å². The van der Waals surface area contributed by atoms with Gasteiger partial charge in [-0.3, -0.25) is 9.59 Å². The van der Waals surface area contributed by atoms with Crippen LogP contribution >= 0.6 is 0 Å². The number of benzene rings is 1. The summed E-state index contributed by atoms with van der Waals surface area (Å²) in [5, 5.41) is 8.97. The average Bonchev–Trinajstić information content (AvgIpc) is 3.04. The Bertz CT molecular complexity index is 615. The molecule has 0 radical (unpaired) electrons. The number of halogens is 3. The summed E-state index contributed by atoms with van der Waals surface area (Å²) in [6.07, 6.45) is -2.99. The van der Waals surface area contributed by atoms with Crippen LogP contribution in [0.5, 0.6) is 5.75 Å². The van der Waals surface area contributed by atoms with Crippen LogP contribution in [0, 0.1) is 11.8 Å². The molecule has 0 aromatic heterocycles. The predicted octanol–water partition coefficient (Wildman–Crippen LogP) is 3.04. The number of hydrogen-bond acceptors (Lipinski definition) is 3. The molecule has 1 aliphatic carbocycles. The molecule has 2 rings (SSSR count). The van der Waals surface area contributed by atoms with E-state index in [-0.39, 0.29) is 25.0 Å². The molecule has 1 fully saturated rings. The van der Waals surface area contributed by atoms with Gasteiger partial charge in [0, 0.05) is 13.0 Å². The van der Waals surface area contributed by atoms with Crippen molar-refractivity contribution in [2.45, 2.75) is 25.4 Å². The summed E-state index contributed by atoms with van der Waals surface area (Å²) in [6.45, 7) is 0.413. The second-order valence-electron chi connectivity index (χ2n) is 6.18. The van der Waals surface area contributed by atoms with E-state index in [0.717, 1.165) is 12.1 Å². The lowest BCUT2D eigenvalue weighted by molar-refractivity contribution is -0.142. The Hall–Kier alpha value is -2.25. The molecule has 1 saturated carbocycles. The molecular weight excluding hydrogens is 339 g/mol. The Kier molecular flexibility index (Phi) is 5.92. The first-order valence-electron chi connectivity index (χ1n) is 7.96. The molecule has 5 nitrogen and oxygen atoms in total. The molecule has 0 unspecified atom stereocenters. The minimum absolute atomic E-state index is 0.125. The lowest BCUT2D eigenvalue weighted by Crippen LogP contribution is -2.35. The standard InChI is InChI=1S/C17H20F3NO4/c1-21(15(22)11-2-3-12(10-11)16(23)24)8-9-25-14-6-4-13(5-7-14)17(18,19)20/h4-7,11-12H,2-3,8-10H2,1H3,(H,23,24)/t11-,12+/m1/s1. The maximum atomic E-state index is 12.5. The van der Waals surface area contributed by atoms with Gasteiger partial charge in [-0.2, -0.15) is 13.2 Å². The number of ether oxygens (including phenoxy) is 1. The predicted molar refractivity (Wildman–Crippen MR) is 83.0 cm³/mol. The van der Waals surface area contributed by atoms with Crippen molar-refractivity contribution in [2.75, 3.05) is 20.2 Å². The zero-order valence-corrected chi connectivity index (χ0v) is 13.8. The Morgan fingerprint density at radius 2 is 1.80 bits per heavy atom. The van der Waals surface area contributed by atoms with E-state index in [9.17, 15) is 22.8 Å². The van der Waals surface area contributed by atoms with E-state index in [1.54, 1.807) is 7.05 Å². The van der Waals surface area contributed by atoms with Gasteiger partial charge in [0.25, 0.3) is 0 Å². The molecule has 2 atom stereocenters. The highest BCUT2D eigenvalue weighted by Gasteiger charge is 2.35. The summed E-state index contributed by atoms with van der Waals surface area (Å²) in [5.74, 6) is -1.47. The third kappa shape index (κ3) is 5.11. The molecule has 25 heavy (non-hydrogen) atoms. The van der Waals surface area contributed by atoms with Crippen LogP contribution in [0.15, 0.2) is 24.3 Å². The van der Waals surface area contributed by atoms with E-state index in [0.29, 0.717) is 25.0 Å². The van der Waals surface area contributed by atoms with Crippen molar-refractivity contribution in [3.8, 4) is 5.75 Å². The van der Waals surface area contributed by atoms with Crippen LogP contribution in [0.25, 0.3) is 0 Å². The molecule has 8 heteroatoms. The zero-order valence-electron chi connectivity index (χ0n) is 13.8. The summed E-state index contributed by atoms with van der Waals surface area (Å²) in [6, 6.07) is 4.35. The molecule has 1 aromatic carbocycles. The lowest BCUT2D eigenvalue weighted by Gasteiger charge is -2.21. The first kappa shape index (κ1) is 19.1. The van der Waals surface area contributed by atoms with Crippen molar-refractivity contribution in [1.82, 2.24) is 4.90 Å². The molecule has 1 aromatic rings. The minimum Gasteiger partial charge on any atom is -0.492 e. The number of aliphatic carboxylic acids is 1. The Labute approximate surface area is 143 Å². The summed E-state index contributed by atoms with van der Waals surface area (Å²) < 4.78 is 42.8. The van der Waals surface area contributed by atoms with Gasteiger partial charge in [-0.05, 0) is 43.5 Å². The summed E-state index contributed by atoms with van der Waals surface area (Å²) in [7, 11) is 1.60. The van der Waals surface area contributed by atoms with Crippen molar-refractivity contribution < 1.29 is 32.6 Å². The zero-order chi connectivity index (χ0) is 18.6. The van der Waals surface area contributed by atoms with Crippen LogP contribution in [0.1, 0.15) is 24.8 Å². The van der Waals surface area contributed by atoms with Crippen molar-refractivity contribution in [3.05, 3.63) is 29.8 Å². The van der Waals surface area contributed by atoms with Crippen LogP contribution in [0.4, 0.5) is 13.2 Å². The van der Waals surface area contributed by atoms with E-state index < -0.39 is 23.6 Å². The van der Waals surface area contributed by atoms with Gasteiger partial charge in [-0.1, -0.05) is 0 Å². The largest absolute Gasteiger partial charge is 0.492 e. The van der Waals surface area contributed by atoms with Gasteiger partial charge in [0.05, 0.1) is 18.0 Å². The molecule has 0 saturated heterocycles. The second kappa shape index (κ2) is 7.76. The van der Waals surface area contributed by atoms with Gasteiger partial charge in [0.1, 0.15) is 12.4 Å². The number of carbonyl (C=O) groups excluding carboxylic acids is 1. The van der Waals surface area contributed by atoms with Crippen LogP contribution in [-0.4, -0.2) is 42.1 Å². The normalized spacial score (nSPS) is 20.3. The highest BCUT2D eigenvalue weighted by Crippen LogP contribution is 2.32. The number of carbonyl (C=O) groups is 2. The Morgan fingerprint density at radius 3 is 2.32 bits per heavy atom. The van der Waals surface area contributed by atoms with Gasteiger partial charge in [-0.15, -0.1) is 0 Å². The van der Waals surface area contributed by atoms with E-state index in [1.165, 1.54) is 17.0 Å². The van der Waals surface area contributed by atoms with Crippen molar-refractivity contribution in [1.29, 1.82) is 0 Å². The molecule has 1 amide bonds. The van der Waals surface area contributed by atoms with E-state index >= 15 is 0 Å². The number of alkyl halides is 3. The smallest absolute Gasteiger partial charge is 0.416 e. The van der Waals surface area contributed by atoms with Gasteiger partial charge in [0.15, 0.2) is 0 Å². The second-order valence-corrected chi connectivity index (χ2v) is 6.18. The van der Waals surface area contributed by atoms with E-state index in [2.05, 4.69) is 0 Å². The van der Waals surface area contributed by atoms with Gasteiger partial charge >= 0.3 is 12.1 Å². The fourth-order valence-electron chi connectivity index (χ4n) is 2.89. The maximum Gasteiger partial charge on any atom is 0.416 e. The molecule has 0 aliphatic heterocycles. The van der Waals surface area contributed by atoms with Crippen molar-refractivity contribution in [2.24, 2.45) is 11.8 Å². The fraction of sp³-hybridized carbons (Fsp3) is 0.529. The van der Waals surface area contributed by atoms with Crippen LogP contribution < -0.4 is 4.74 Å². The molecule has 138 valence electrons. The van der Waals surface area contributed by atoms with Crippen LogP contribution in [0.2, 0.25) is 0 Å². The molecule has 1 N–H and O–H groups in total. The summed E-state index contributed by atoms with van der Waals surface area (Å²) in [4.78, 5) is 24.7. The molecule has 0 spiro atoms. The van der Waals surface area contributed by atoms with Gasteiger partial charge < -0.3 is 14.7 Å². The average molecular weight is 359 g/mol. The van der Waals surface area contributed by atoms with Crippen molar-refractivity contribution in [3.63, 3.8) is 0 Å². The lowest BCUT2D eigenvalue weighted by atomic mass is 10.0. The molecule has 1 aliphatic rings. The first-order chi connectivity index (χ1) is 11.7. The Morgan fingerprint density at radius 1 is 1.20 bits per heavy atom. The topological polar surface area (TPSA) is 66.8 Å². The number of carboxylic acid groups (broad SMARTS) is 1. The molecule has 0 heterocycles. The highest BCUT2D eigenvalue weighted by atomic mass is 19.4. The van der Waals surface area contributed by atoms with Gasteiger partial charge in [-0.25, -0.2) is 0 Å². The number of rotatable bonds is 6. The van der Waals surface area contributed by atoms with Crippen LogP contribution in [-0.2, 0) is 15.8 Å². The van der Waals surface area contributed by atoms with Crippen molar-refractivity contribution >= 4 is 11.9 Å². The first-order valence-corrected chi connectivity index (χ1v) is 7.96. The number of nitrogens with zero attached hydrogens (tertiary/aromatic N) is 1. The molecule has 0 bridgehead atoms. The van der Waals surface area contributed by atoms with Crippen LogP contribution in [0.3, 0.4) is 0 Å². The third-order valence-corrected chi connectivity index (χ3v) is 4.38. The number of carboxylic acids is 1. The highest BCUT2D eigenvalue weighted by molar-refractivity contribution is 5.80. The van der Waals surface area contributed by atoms with Gasteiger partial charge in [0.2, 0.25) is 5.91 Å². The number of amides is 1. The third-order valence-electron chi connectivity index (χ3n) is 4.38. The number of likely N-dealkylation sites (N-methyl/N-ethyl adjacent to an activating group) is 1. The SMILES string of the molecule is CN(CCOc1ccc(C(F)(F)F)cc1)C(=O)[C@@H]1CC[C@H](C(=O)O)C1. The maximum absolute atomic E-state index is 12.5.